The number of Topliss-reactive ketones (excluding diaryl/α,β-unsaturated/α-hetero) is 1. The number of hydrogen-bond donors (Lipinski definition) is 0. The van der Waals surface area contributed by atoms with Crippen LogP contribution < -0.4 is 0 Å². The summed E-state index contributed by atoms with van der Waals surface area (Å²) >= 11 is 1.87. The summed E-state index contributed by atoms with van der Waals surface area (Å²) in [6.07, 6.45) is 10.5. The van der Waals surface area contributed by atoms with Gasteiger partial charge in [0.2, 0.25) is 0 Å². The van der Waals surface area contributed by atoms with Crippen LogP contribution in [0.5, 0.6) is 0 Å². The van der Waals surface area contributed by atoms with E-state index in [4.69, 9.17) is 0 Å². The minimum Gasteiger partial charge on any atom is -0.299 e. The number of carbonyl (C=O) groups is 1. The predicted octanol–water partition coefficient (Wildman–Crippen LogP) is 4.81. The van der Waals surface area contributed by atoms with Crippen molar-refractivity contribution in [2.75, 3.05) is 0 Å². The number of rotatable bonds is 2. The molecule has 4 fully saturated rings. The van der Waals surface area contributed by atoms with Gasteiger partial charge < -0.3 is 0 Å². The van der Waals surface area contributed by atoms with Gasteiger partial charge in [0.15, 0.2) is 0 Å². The first kappa shape index (κ1) is 12.9. The van der Waals surface area contributed by atoms with Crippen molar-refractivity contribution in [1.82, 2.24) is 0 Å². The molecule has 0 aromatic carbocycles. The van der Waals surface area contributed by atoms with Gasteiger partial charge in [-0.3, -0.25) is 4.79 Å². The molecule has 4 bridgehead atoms. The highest BCUT2D eigenvalue weighted by molar-refractivity contribution is 7.10. The first-order chi connectivity index (χ1) is 10.3. The number of carbonyl (C=O) groups excluding carboxylic acids is 1. The highest BCUT2D eigenvalue weighted by Gasteiger charge is 2.51. The molecule has 0 aliphatic heterocycles. The maximum absolute atomic E-state index is 13.4. The van der Waals surface area contributed by atoms with E-state index >= 15 is 0 Å². The molecule has 6 rings (SSSR count). The fourth-order valence-electron chi connectivity index (χ4n) is 6.40. The van der Waals surface area contributed by atoms with Crippen molar-refractivity contribution < 1.29 is 4.79 Å². The molecule has 112 valence electrons. The SMILES string of the molecule is O=C(C1CCCc2sccc21)C1C2CC3CC(C2)CC1C3. The average molecular weight is 300 g/mol. The fraction of sp³-hybridized carbons (Fsp3) is 0.737. The molecule has 0 saturated heterocycles. The van der Waals surface area contributed by atoms with Gasteiger partial charge >= 0.3 is 0 Å². The lowest BCUT2D eigenvalue weighted by Crippen LogP contribution is -2.49. The molecule has 1 heterocycles. The molecule has 21 heavy (non-hydrogen) atoms. The van der Waals surface area contributed by atoms with Crippen LogP contribution in [0, 0.1) is 29.6 Å². The summed E-state index contributed by atoms with van der Waals surface area (Å²) in [5.41, 5.74) is 1.41. The number of hydrogen-bond acceptors (Lipinski definition) is 2. The van der Waals surface area contributed by atoms with Gasteiger partial charge in [0.25, 0.3) is 0 Å². The zero-order valence-electron chi connectivity index (χ0n) is 12.6. The van der Waals surface area contributed by atoms with Crippen molar-refractivity contribution in [2.45, 2.75) is 57.3 Å². The second-order valence-electron chi connectivity index (χ2n) is 8.10. The normalized spacial score (nSPS) is 43.8. The molecule has 0 spiro atoms. The standard InChI is InChI=1S/C19H24OS/c20-19(16-2-1-3-17-15(16)4-5-21-17)18-13-7-11-6-12(9-13)10-14(18)8-11/h4-5,11-14,16,18H,1-3,6-10H2. The quantitative estimate of drug-likeness (QED) is 0.766. The van der Waals surface area contributed by atoms with E-state index in [0.717, 1.165) is 30.1 Å². The second kappa shape index (κ2) is 4.68. The lowest BCUT2D eigenvalue weighted by atomic mass is 9.50. The summed E-state index contributed by atoms with van der Waals surface area (Å²) in [6, 6.07) is 2.25. The molecule has 1 aromatic rings. The maximum atomic E-state index is 13.4. The molecule has 0 amide bonds. The van der Waals surface area contributed by atoms with E-state index in [2.05, 4.69) is 11.4 Å². The van der Waals surface area contributed by atoms with Crippen LogP contribution >= 0.6 is 11.3 Å². The molecule has 4 saturated carbocycles. The minimum absolute atomic E-state index is 0.252. The van der Waals surface area contributed by atoms with E-state index in [1.807, 2.05) is 11.3 Å². The summed E-state index contributed by atoms with van der Waals surface area (Å²) in [7, 11) is 0. The Morgan fingerprint density at radius 2 is 1.76 bits per heavy atom. The average Bonchev–Trinajstić information content (AvgIpc) is 2.94. The molecule has 0 N–H and O–H groups in total. The van der Waals surface area contributed by atoms with E-state index in [-0.39, 0.29) is 5.92 Å². The lowest BCUT2D eigenvalue weighted by molar-refractivity contribution is -0.137. The molecule has 1 unspecified atom stereocenters. The molecule has 1 nitrogen and oxygen atoms in total. The summed E-state index contributed by atoms with van der Waals surface area (Å²) in [6.45, 7) is 0. The Morgan fingerprint density at radius 1 is 1.05 bits per heavy atom. The fourth-order valence-corrected chi connectivity index (χ4v) is 7.39. The van der Waals surface area contributed by atoms with Crippen LogP contribution in [-0.4, -0.2) is 5.78 Å². The molecule has 5 aliphatic carbocycles. The van der Waals surface area contributed by atoms with Crippen molar-refractivity contribution in [2.24, 2.45) is 29.6 Å². The van der Waals surface area contributed by atoms with Crippen LogP contribution in [0.4, 0.5) is 0 Å². The van der Waals surface area contributed by atoms with Gasteiger partial charge in [-0.05, 0) is 92.0 Å². The Labute approximate surface area is 131 Å². The number of thiophene rings is 1. The summed E-state index contributed by atoms with van der Waals surface area (Å²) in [5, 5.41) is 2.20. The van der Waals surface area contributed by atoms with Crippen molar-refractivity contribution in [1.29, 1.82) is 0 Å². The Morgan fingerprint density at radius 3 is 2.48 bits per heavy atom. The van der Waals surface area contributed by atoms with Gasteiger partial charge in [-0.1, -0.05) is 0 Å². The highest BCUT2D eigenvalue weighted by atomic mass is 32.1. The van der Waals surface area contributed by atoms with Crippen molar-refractivity contribution in [3.63, 3.8) is 0 Å². The summed E-state index contributed by atoms with van der Waals surface area (Å²) < 4.78 is 0. The first-order valence-electron chi connectivity index (χ1n) is 8.89. The van der Waals surface area contributed by atoms with Crippen LogP contribution in [0.1, 0.15) is 61.3 Å². The molecule has 5 aliphatic rings. The van der Waals surface area contributed by atoms with Crippen LogP contribution in [0.3, 0.4) is 0 Å². The topological polar surface area (TPSA) is 17.1 Å². The Bertz CT molecular complexity index is 544. The van der Waals surface area contributed by atoms with Crippen LogP contribution in [-0.2, 0) is 11.2 Å². The van der Waals surface area contributed by atoms with E-state index in [0.29, 0.717) is 11.7 Å². The molecule has 1 aromatic heterocycles. The second-order valence-corrected chi connectivity index (χ2v) is 9.10. The maximum Gasteiger partial charge on any atom is 0.143 e. The number of aryl methyl sites for hydroxylation is 1. The molecule has 1 atom stereocenters. The Hall–Kier alpha value is -0.630. The van der Waals surface area contributed by atoms with E-state index in [9.17, 15) is 4.79 Å². The van der Waals surface area contributed by atoms with E-state index in [1.54, 1.807) is 0 Å². The summed E-state index contributed by atoms with van der Waals surface area (Å²) in [5.74, 6) is 4.76. The van der Waals surface area contributed by atoms with Crippen molar-refractivity contribution >= 4 is 17.1 Å². The van der Waals surface area contributed by atoms with E-state index in [1.165, 1.54) is 55.4 Å². The number of fused-ring (bicyclic) bond motifs is 1. The van der Waals surface area contributed by atoms with Gasteiger partial charge in [0, 0.05) is 16.7 Å². The van der Waals surface area contributed by atoms with Gasteiger partial charge in [-0.15, -0.1) is 11.3 Å². The molecular formula is C19H24OS. The number of ketones is 1. The van der Waals surface area contributed by atoms with Crippen LogP contribution in [0.25, 0.3) is 0 Å². The van der Waals surface area contributed by atoms with Gasteiger partial charge in [0.1, 0.15) is 5.78 Å². The zero-order chi connectivity index (χ0) is 14.0. The molecule has 2 heteroatoms. The Kier molecular flexibility index (Phi) is 2.87. The molecular weight excluding hydrogens is 276 g/mol. The smallest absolute Gasteiger partial charge is 0.143 e. The third kappa shape index (κ3) is 1.91. The predicted molar refractivity (Wildman–Crippen MR) is 85.5 cm³/mol. The van der Waals surface area contributed by atoms with Crippen LogP contribution in [0.2, 0.25) is 0 Å². The van der Waals surface area contributed by atoms with Gasteiger partial charge in [0.05, 0.1) is 0 Å². The van der Waals surface area contributed by atoms with Gasteiger partial charge in [-0.25, -0.2) is 0 Å². The van der Waals surface area contributed by atoms with Crippen molar-refractivity contribution in [3.05, 3.63) is 21.9 Å². The summed E-state index contributed by atoms with van der Waals surface area (Å²) in [4.78, 5) is 14.9. The minimum atomic E-state index is 0.252. The zero-order valence-corrected chi connectivity index (χ0v) is 13.4. The highest BCUT2D eigenvalue weighted by Crippen LogP contribution is 2.58. The molecule has 0 radical (unpaired) electrons. The monoisotopic (exact) mass is 300 g/mol. The lowest BCUT2D eigenvalue weighted by Gasteiger charge is -2.54. The van der Waals surface area contributed by atoms with E-state index < -0.39 is 0 Å². The van der Waals surface area contributed by atoms with Crippen LogP contribution in [0.15, 0.2) is 11.4 Å². The third-order valence-corrected chi connectivity index (χ3v) is 7.95. The third-order valence-electron chi connectivity index (χ3n) is 6.95. The van der Waals surface area contributed by atoms with Crippen molar-refractivity contribution in [3.8, 4) is 0 Å². The largest absolute Gasteiger partial charge is 0.299 e. The first-order valence-corrected chi connectivity index (χ1v) is 9.77. The van der Waals surface area contributed by atoms with Gasteiger partial charge in [-0.2, -0.15) is 0 Å². The Balaban J connectivity index is 1.45.